The maximum atomic E-state index is 11.4. The summed E-state index contributed by atoms with van der Waals surface area (Å²) in [4.78, 5) is 24.4. The van der Waals surface area contributed by atoms with Gasteiger partial charge in [0.15, 0.2) is 0 Å². The van der Waals surface area contributed by atoms with Gasteiger partial charge in [0.2, 0.25) is 0 Å². The number of carbonyl (C=O) groups is 2. The molecule has 0 aromatic carbocycles. The summed E-state index contributed by atoms with van der Waals surface area (Å²) < 4.78 is 9.41. The van der Waals surface area contributed by atoms with E-state index in [1.54, 1.807) is 4.90 Å². The van der Waals surface area contributed by atoms with E-state index in [4.69, 9.17) is 9.47 Å². The predicted octanol–water partition coefficient (Wildman–Crippen LogP) is 1.66. The number of hydrogen-bond donors (Lipinski definition) is 0. The van der Waals surface area contributed by atoms with E-state index < -0.39 is 0 Å². The lowest BCUT2D eigenvalue weighted by Gasteiger charge is -2.37. The Labute approximate surface area is 102 Å². The van der Waals surface area contributed by atoms with Gasteiger partial charge < -0.3 is 14.4 Å². The van der Waals surface area contributed by atoms with E-state index in [1.807, 2.05) is 0 Å². The highest BCUT2D eigenvalue weighted by molar-refractivity contribution is 5.70. The summed E-state index contributed by atoms with van der Waals surface area (Å²) in [6, 6.07) is 0. The van der Waals surface area contributed by atoms with Crippen LogP contribution in [0.3, 0.4) is 0 Å². The number of nitrogens with zero attached hydrogens (tertiary/aromatic N) is 1. The molecule has 0 spiro atoms. The van der Waals surface area contributed by atoms with Gasteiger partial charge in [-0.3, -0.25) is 4.79 Å². The Morgan fingerprint density at radius 2 is 1.94 bits per heavy atom. The van der Waals surface area contributed by atoms with Crippen molar-refractivity contribution >= 4 is 12.1 Å². The number of ether oxygens (including phenoxy) is 2. The van der Waals surface area contributed by atoms with Crippen LogP contribution in [0, 0.1) is 11.8 Å². The Hall–Kier alpha value is -1.26. The third-order valence-electron chi connectivity index (χ3n) is 3.51. The number of likely N-dealkylation sites (tertiary alicyclic amines) is 1. The molecule has 0 aliphatic carbocycles. The number of methoxy groups -OCH3 is 2. The van der Waals surface area contributed by atoms with Crippen molar-refractivity contribution < 1.29 is 19.1 Å². The van der Waals surface area contributed by atoms with Crippen LogP contribution in [-0.4, -0.2) is 44.3 Å². The van der Waals surface area contributed by atoms with Crippen LogP contribution in [0.25, 0.3) is 0 Å². The first kappa shape index (κ1) is 13.8. The zero-order valence-electron chi connectivity index (χ0n) is 10.8. The summed E-state index contributed by atoms with van der Waals surface area (Å²) in [7, 11) is 2.80. The van der Waals surface area contributed by atoms with Gasteiger partial charge in [-0.2, -0.15) is 0 Å². The van der Waals surface area contributed by atoms with Crippen LogP contribution < -0.4 is 0 Å². The Morgan fingerprint density at radius 1 is 1.24 bits per heavy atom. The predicted molar refractivity (Wildman–Crippen MR) is 62.5 cm³/mol. The molecule has 1 saturated heterocycles. The molecule has 1 amide bonds. The summed E-state index contributed by atoms with van der Waals surface area (Å²) in [6.45, 7) is 3.41. The molecule has 1 fully saturated rings. The monoisotopic (exact) mass is 243 g/mol. The van der Waals surface area contributed by atoms with Crippen molar-refractivity contribution in [1.29, 1.82) is 0 Å². The van der Waals surface area contributed by atoms with Crippen molar-refractivity contribution in [3.8, 4) is 0 Å². The molecule has 0 N–H and O–H groups in total. The minimum Gasteiger partial charge on any atom is -0.469 e. The summed E-state index contributed by atoms with van der Waals surface area (Å²) >= 11 is 0. The Kier molecular flexibility index (Phi) is 5.25. The Balaban J connectivity index is 2.55. The molecule has 1 aliphatic rings. The summed E-state index contributed by atoms with van der Waals surface area (Å²) in [5.41, 5.74) is 0. The second-order valence-electron chi connectivity index (χ2n) is 4.41. The molecular formula is C12H21NO4. The molecule has 0 saturated carbocycles. The topological polar surface area (TPSA) is 55.8 Å². The molecule has 1 aliphatic heterocycles. The fraction of sp³-hybridized carbons (Fsp3) is 0.833. The van der Waals surface area contributed by atoms with E-state index in [0.29, 0.717) is 31.3 Å². The van der Waals surface area contributed by atoms with Crippen molar-refractivity contribution in [2.45, 2.75) is 26.2 Å². The van der Waals surface area contributed by atoms with E-state index in [1.165, 1.54) is 14.2 Å². The Bertz CT molecular complexity index is 280. The summed E-state index contributed by atoms with van der Waals surface area (Å²) in [5.74, 6) is 0.496. The second kappa shape index (κ2) is 6.47. The quantitative estimate of drug-likeness (QED) is 0.707. The number of carbonyl (C=O) groups excluding carboxylic acids is 2. The maximum Gasteiger partial charge on any atom is 0.409 e. The second-order valence-corrected chi connectivity index (χ2v) is 4.41. The normalized spacial score (nSPS) is 24.3. The lowest BCUT2D eigenvalue weighted by molar-refractivity contribution is -0.142. The van der Waals surface area contributed by atoms with Crippen molar-refractivity contribution in [3.63, 3.8) is 0 Å². The van der Waals surface area contributed by atoms with Crippen LogP contribution in [0.1, 0.15) is 26.2 Å². The molecule has 0 radical (unpaired) electrons. The molecule has 0 unspecified atom stereocenters. The van der Waals surface area contributed by atoms with E-state index in [0.717, 1.165) is 12.8 Å². The van der Waals surface area contributed by atoms with Crippen LogP contribution in [0.5, 0.6) is 0 Å². The number of esters is 1. The number of rotatable bonds is 3. The van der Waals surface area contributed by atoms with Gasteiger partial charge in [-0.15, -0.1) is 0 Å². The van der Waals surface area contributed by atoms with Crippen molar-refractivity contribution in [2.75, 3.05) is 27.3 Å². The van der Waals surface area contributed by atoms with Gasteiger partial charge in [0.25, 0.3) is 0 Å². The highest BCUT2D eigenvalue weighted by atomic mass is 16.5. The van der Waals surface area contributed by atoms with Gasteiger partial charge in [0, 0.05) is 19.5 Å². The molecule has 5 heteroatoms. The summed E-state index contributed by atoms with van der Waals surface area (Å²) in [6.07, 6.45) is 1.96. The number of hydrogen-bond acceptors (Lipinski definition) is 4. The largest absolute Gasteiger partial charge is 0.469 e. The van der Waals surface area contributed by atoms with Gasteiger partial charge in [0.1, 0.15) is 0 Å². The van der Waals surface area contributed by atoms with Gasteiger partial charge in [-0.25, -0.2) is 4.79 Å². The smallest absolute Gasteiger partial charge is 0.409 e. The molecular weight excluding hydrogens is 222 g/mol. The van der Waals surface area contributed by atoms with Gasteiger partial charge in [0.05, 0.1) is 14.2 Å². The molecule has 0 aromatic rings. The van der Waals surface area contributed by atoms with Crippen molar-refractivity contribution in [2.24, 2.45) is 11.8 Å². The molecule has 98 valence electrons. The summed E-state index contributed by atoms with van der Waals surface area (Å²) in [5, 5.41) is 0. The van der Waals surface area contributed by atoms with Gasteiger partial charge in [-0.1, -0.05) is 13.3 Å². The molecule has 17 heavy (non-hydrogen) atoms. The molecule has 0 aromatic heterocycles. The minimum atomic E-state index is -0.278. The third kappa shape index (κ3) is 3.61. The standard InChI is InChI=1S/C12H21NO4/c1-4-9-8-13(12(15)17-3)6-5-10(9)7-11(14)16-2/h9-10H,4-8H2,1-3H3/t9-,10-/m1/s1. The number of piperidine rings is 1. The van der Waals surface area contributed by atoms with E-state index in [-0.39, 0.29) is 12.1 Å². The van der Waals surface area contributed by atoms with Crippen molar-refractivity contribution in [3.05, 3.63) is 0 Å². The van der Waals surface area contributed by atoms with Gasteiger partial charge >= 0.3 is 12.1 Å². The number of amides is 1. The molecule has 5 nitrogen and oxygen atoms in total. The van der Waals surface area contributed by atoms with Crippen LogP contribution in [-0.2, 0) is 14.3 Å². The zero-order chi connectivity index (χ0) is 12.8. The first-order valence-corrected chi connectivity index (χ1v) is 6.02. The van der Waals surface area contributed by atoms with E-state index >= 15 is 0 Å². The molecule has 1 rings (SSSR count). The fourth-order valence-corrected chi connectivity index (χ4v) is 2.40. The Morgan fingerprint density at radius 3 is 2.47 bits per heavy atom. The van der Waals surface area contributed by atoms with E-state index in [2.05, 4.69) is 6.92 Å². The SMILES string of the molecule is CC[C@@H]1CN(C(=O)OC)CC[C@@H]1CC(=O)OC. The third-order valence-corrected chi connectivity index (χ3v) is 3.51. The lowest BCUT2D eigenvalue weighted by atomic mass is 9.82. The van der Waals surface area contributed by atoms with Gasteiger partial charge in [-0.05, 0) is 18.3 Å². The average Bonchev–Trinajstić information content (AvgIpc) is 2.37. The first-order chi connectivity index (χ1) is 8.12. The highest BCUT2D eigenvalue weighted by Gasteiger charge is 2.32. The minimum absolute atomic E-state index is 0.167. The van der Waals surface area contributed by atoms with Crippen molar-refractivity contribution in [1.82, 2.24) is 4.90 Å². The zero-order valence-corrected chi connectivity index (χ0v) is 10.8. The highest BCUT2D eigenvalue weighted by Crippen LogP contribution is 2.29. The average molecular weight is 243 g/mol. The first-order valence-electron chi connectivity index (χ1n) is 6.02. The molecule has 0 bridgehead atoms. The van der Waals surface area contributed by atoms with Crippen LogP contribution >= 0.6 is 0 Å². The molecule has 1 heterocycles. The fourth-order valence-electron chi connectivity index (χ4n) is 2.40. The van der Waals surface area contributed by atoms with Crippen LogP contribution in [0.4, 0.5) is 4.79 Å². The van der Waals surface area contributed by atoms with Crippen LogP contribution in [0.15, 0.2) is 0 Å². The molecule has 2 atom stereocenters. The maximum absolute atomic E-state index is 11.4. The lowest BCUT2D eigenvalue weighted by Crippen LogP contribution is -2.44. The van der Waals surface area contributed by atoms with Crippen LogP contribution in [0.2, 0.25) is 0 Å². The van der Waals surface area contributed by atoms with E-state index in [9.17, 15) is 9.59 Å².